The van der Waals surface area contributed by atoms with E-state index in [0.717, 1.165) is 12.2 Å². The lowest BCUT2D eigenvalue weighted by molar-refractivity contribution is -0.140. The first-order chi connectivity index (χ1) is 7.46. The molecule has 8 nitrogen and oxygen atoms in total. The molecule has 3 N–H and O–H groups in total. The van der Waals surface area contributed by atoms with Crippen molar-refractivity contribution in [2.75, 3.05) is 19.9 Å². The molecule has 0 fully saturated rings. The van der Waals surface area contributed by atoms with Gasteiger partial charge >= 0.3 is 7.82 Å². The highest BCUT2D eigenvalue weighted by atomic mass is 31.2. The number of phosphoric ester groups is 1. The van der Waals surface area contributed by atoms with Crippen LogP contribution in [0.4, 0.5) is 0 Å². The second-order valence-corrected chi connectivity index (χ2v) is 4.24. The normalized spacial score (nSPS) is 19.2. The van der Waals surface area contributed by atoms with Gasteiger partial charge < -0.3 is 10.6 Å². The molecule has 1 unspecified atom stereocenters. The van der Waals surface area contributed by atoms with E-state index in [1.807, 2.05) is 0 Å². The van der Waals surface area contributed by atoms with E-state index in [1.165, 1.54) is 0 Å². The van der Waals surface area contributed by atoms with Crippen LogP contribution >= 0.6 is 7.82 Å². The average Bonchev–Trinajstić information content (AvgIpc) is 2.53. The zero-order valence-corrected chi connectivity index (χ0v) is 9.13. The number of nitrogens with zero attached hydrogens (tertiary/aromatic N) is 1. The van der Waals surface area contributed by atoms with Crippen molar-refractivity contribution in [3.05, 3.63) is 12.2 Å². The standard InChI is InChI=1S/C7H11N2O6P/c8-3-4-14-16(12,13)15-5-9-6(10)1-2-7(9)11/h1-2H,3-5,8H2,(H,12,13). The first-order valence-corrected chi connectivity index (χ1v) is 5.81. The van der Waals surface area contributed by atoms with Crippen LogP contribution in [-0.2, 0) is 23.2 Å². The monoisotopic (exact) mass is 250 g/mol. The fourth-order valence-electron chi connectivity index (χ4n) is 0.894. The molecule has 1 atom stereocenters. The number of amides is 2. The van der Waals surface area contributed by atoms with Gasteiger partial charge in [0.05, 0.1) is 6.61 Å². The molecular formula is C7H11N2O6P. The maximum absolute atomic E-state index is 11.1. The Kier molecular flexibility index (Phi) is 4.34. The summed E-state index contributed by atoms with van der Waals surface area (Å²) >= 11 is 0. The molecule has 0 aromatic heterocycles. The van der Waals surface area contributed by atoms with Gasteiger partial charge in [0.2, 0.25) is 0 Å². The fraction of sp³-hybridized carbons (Fsp3) is 0.429. The van der Waals surface area contributed by atoms with Crippen LogP contribution in [0.3, 0.4) is 0 Å². The van der Waals surface area contributed by atoms with Crippen LogP contribution in [0.25, 0.3) is 0 Å². The van der Waals surface area contributed by atoms with Crippen LogP contribution in [0.5, 0.6) is 0 Å². The Labute approximate surface area is 91.2 Å². The Morgan fingerprint density at radius 1 is 1.31 bits per heavy atom. The van der Waals surface area contributed by atoms with E-state index in [1.54, 1.807) is 0 Å². The van der Waals surface area contributed by atoms with Crippen LogP contribution in [0.1, 0.15) is 0 Å². The van der Waals surface area contributed by atoms with Crippen LogP contribution in [0, 0.1) is 0 Å². The second-order valence-electron chi connectivity index (χ2n) is 2.79. The molecule has 1 aliphatic heterocycles. The van der Waals surface area contributed by atoms with E-state index in [4.69, 9.17) is 10.6 Å². The minimum Gasteiger partial charge on any atom is -0.328 e. The third kappa shape index (κ3) is 3.51. The van der Waals surface area contributed by atoms with Crippen molar-refractivity contribution in [1.82, 2.24) is 4.90 Å². The number of hydrogen-bond donors (Lipinski definition) is 2. The third-order valence-electron chi connectivity index (χ3n) is 1.62. The first-order valence-electron chi connectivity index (χ1n) is 4.32. The Balaban J connectivity index is 2.42. The number of carbonyl (C=O) groups is 2. The van der Waals surface area contributed by atoms with E-state index in [9.17, 15) is 14.2 Å². The number of nitrogens with two attached hydrogens (primary N) is 1. The van der Waals surface area contributed by atoms with E-state index in [-0.39, 0.29) is 13.2 Å². The predicted octanol–water partition coefficient (Wildman–Crippen LogP) is -1.04. The molecule has 1 aliphatic rings. The zero-order chi connectivity index (χ0) is 12.2. The average molecular weight is 250 g/mol. The van der Waals surface area contributed by atoms with E-state index in [2.05, 4.69) is 9.05 Å². The Morgan fingerprint density at radius 2 is 1.88 bits per heavy atom. The molecule has 1 rings (SSSR count). The summed E-state index contributed by atoms with van der Waals surface area (Å²) in [6, 6.07) is 0. The molecule has 0 spiro atoms. The van der Waals surface area contributed by atoms with Gasteiger partial charge in [0.15, 0.2) is 0 Å². The van der Waals surface area contributed by atoms with E-state index < -0.39 is 26.4 Å². The van der Waals surface area contributed by atoms with Gasteiger partial charge in [-0.15, -0.1) is 0 Å². The maximum Gasteiger partial charge on any atom is 0.473 e. The van der Waals surface area contributed by atoms with Crippen LogP contribution < -0.4 is 5.73 Å². The molecule has 90 valence electrons. The van der Waals surface area contributed by atoms with Crippen molar-refractivity contribution in [1.29, 1.82) is 0 Å². The minimum absolute atomic E-state index is 0.0526. The predicted molar refractivity (Wildman–Crippen MR) is 51.8 cm³/mol. The third-order valence-corrected chi connectivity index (χ3v) is 2.57. The highest BCUT2D eigenvalue weighted by molar-refractivity contribution is 7.47. The van der Waals surface area contributed by atoms with Gasteiger partial charge in [-0.05, 0) is 0 Å². The van der Waals surface area contributed by atoms with Crippen molar-refractivity contribution in [2.45, 2.75) is 0 Å². The van der Waals surface area contributed by atoms with Gasteiger partial charge in [-0.25, -0.2) is 4.57 Å². The molecule has 0 aromatic carbocycles. The Bertz CT molecular complexity index is 350. The molecular weight excluding hydrogens is 239 g/mol. The summed E-state index contributed by atoms with van der Waals surface area (Å²) in [5.41, 5.74) is 5.06. The van der Waals surface area contributed by atoms with E-state index >= 15 is 0 Å². The van der Waals surface area contributed by atoms with Gasteiger partial charge in [-0.1, -0.05) is 0 Å². The molecule has 0 bridgehead atoms. The lowest BCUT2D eigenvalue weighted by Crippen LogP contribution is -2.32. The molecule has 0 aliphatic carbocycles. The molecule has 9 heteroatoms. The summed E-state index contributed by atoms with van der Waals surface area (Å²) in [4.78, 5) is 31.8. The van der Waals surface area contributed by atoms with Crippen molar-refractivity contribution in [3.8, 4) is 0 Å². The number of imide groups is 1. The molecule has 16 heavy (non-hydrogen) atoms. The van der Waals surface area contributed by atoms with Gasteiger partial charge in [-0.2, -0.15) is 0 Å². The summed E-state index contributed by atoms with van der Waals surface area (Å²) in [6.07, 6.45) is 2.07. The number of rotatable bonds is 6. The Morgan fingerprint density at radius 3 is 2.38 bits per heavy atom. The Hall–Kier alpha value is -1.05. The van der Waals surface area contributed by atoms with Crippen LogP contribution in [-0.4, -0.2) is 41.5 Å². The van der Waals surface area contributed by atoms with Crippen LogP contribution in [0.15, 0.2) is 12.2 Å². The van der Waals surface area contributed by atoms with Gasteiger partial charge in [0, 0.05) is 18.7 Å². The maximum atomic E-state index is 11.1. The summed E-state index contributed by atoms with van der Waals surface area (Å²) in [5.74, 6) is -1.22. The largest absolute Gasteiger partial charge is 0.473 e. The highest BCUT2D eigenvalue weighted by Crippen LogP contribution is 2.42. The topological polar surface area (TPSA) is 119 Å². The van der Waals surface area contributed by atoms with Gasteiger partial charge in [-0.3, -0.25) is 23.5 Å². The summed E-state index contributed by atoms with van der Waals surface area (Å²) in [6.45, 7) is -0.742. The molecule has 1 heterocycles. The SMILES string of the molecule is NCCOP(=O)(O)OCN1C(=O)C=CC1=O. The number of hydrogen-bond acceptors (Lipinski definition) is 6. The molecule has 0 radical (unpaired) electrons. The van der Waals surface area contributed by atoms with E-state index in [0.29, 0.717) is 4.90 Å². The second kappa shape index (κ2) is 5.33. The van der Waals surface area contributed by atoms with Crippen LogP contribution in [0.2, 0.25) is 0 Å². The summed E-state index contributed by atoms with van der Waals surface area (Å²) < 4.78 is 20.0. The molecule has 0 aromatic rings. The molecule has 0 saturated heterocycles. The van der Waals surface area contributed by atoms with Crippen molar-refractivity contribution < 1.29 is 28.1 Å². The lowest BCUT2D eigenvalue weighted by Gasteiger charge is -2.16. The fourth-order valence-corrected chi connectivity index (χ4v) is 1.57. The smallest absolute Gasteiger partial charge is 0.328 e. The summed E-state index contributed by atoms with van der Waals surface area (Å²) in [7, 11) is -4.27. The molecule has 2 amide bonds. The first kappa shape index (κ1) is 13.0. The lowest BCUT2D eigenvalue weighted by atomic mass is 10.6. The highest BCUT2D eigenvalue weighted by Gasteiger charge is 2.28. The quantitative estimate of drug-likeness (QED) is 0.456. The van der Waals surface area contributed by atoms with Gasteiger partial charge in [0.1, 0.15) is 6.73 Å². The molecule has 0 saturated carbocycles. The summed E-state index contributed by atoms with van der Waals surface area (Å²) in [5, 5.41) is 0. The number of carbonyl (C=O) groups excluding carboxylic acids is 2. The van der Waals surface area contributed by atoms with Crippen molar-refractivity contribution in [3.63, 3.8) is 0 Å². The minimum atomic E-state index is -4.27. The van der Waals surface area contributed by atoms with Gasteiger partial charge in [0.25, 0.3) is 11.8 Å². The van der Waals surface area contributed by atoms with Crippen molar-refractivity contribution in [2.24, 2.45) is 5.73 Å². The zero-order valence-electron chi connectivity index (χ0n) is 8.24. The number of phosphoric acid groups is 1. The van der Waals surface area contributed by atoms with Crippen molar-refractivity contribution >= 4 is 19.6 Å².